The van der Waals surface area contributed by atoms with Gasteiger partial charge in [0.25, 0.3) is 0 Å². The zero-order valence-corrected chi connectivity index (χ0v) is 8.64. The van der Waals surface area contributed by atoms with Crippen molar-refractivity contribution in [3.05, 3.63) is 0 Å². The van der Waals surface area contributed by atoms with Crippen LogP contribution in [-0.4, -0.2) is 32.3 Å². The first-order chi connectivity index (χ1) is 6.33. The SMILES string of the molecule is COC1(CCNCCCN)CCC1. The number of methoxy groups -OCH3 is 1. The molecule has 13 heavy (non-hydrogen) atoms. The van der Waals surface area contributed by atoms with Crippen molar-refractivity contribution in [2.75, 3.05) is 26.7 Å². The van der Waals surface area contributed by atoms with Crippen molar-refractivity contribution >= 4 is 0 Å². The fourth-order valence-electron chi connectivity index (χ4n) is 1.80. The number of rotatable bonds is 7. The Hall–Kier alpha value is -0.120. The third-order valence-electron chi connectivity index (χ3n) is 3.01. The molecular formula is C10H22N2O. The highest BCUT2D eigenvalue weighted by Crippen LogP contribution is 2.37. The van der Waals surface area contributed by atoms with Crippen LogP contribution < -0.4 is 11.1 Å². The first kappa shape index (κ1) is 11.0. The van der Waals surface area contributed by atoms with Gasteiger partial charge in [0.05, 0.1) is 5.60 Å². The Balaban J connectivity index is 1.98. The van der Waals surface area contributed by atoms with E-state index in [0.29, 0.717) is 0 Å². The molecule has 0 amide bonds. The molecule has 1 rings (SSSR count). The third-order valence-corrected chi connectivity index (χ3v) is 3.01. The summed E-state index contributed by atoms with van der Waals surface area (Å²) in [5, 5.41) is 3.38. The van der Waals surface area contributed by atoms with Crippen molar-refractivity contribution in [2.45, 2.75) is 37.7 Å². The summed E-state index contributed by atoms with van der Waals surface area (Å²) in [4.78, 5) is 0. The van der Waals surface area contributed by atoms with Crippen LogP contribution >= 0.6 is 0 Å². The number of ether oxygens (including phenoxy) is 1. The van der Waals surface area contributed by atoms with Crippen molar-refractivity contribution in [1.29, 1.82) is 0 Å². The number of hydrogen-bond acceptors (Lipinski definition) is 3. The van der Waals surface area contributed by atoms with E-state index in [2.05, 4.69) is 5.32 Å². The van der Waals surface area contributed by atoms with Gasteiger partial charge in [0.2, 0.25) is 0 Å². The Bertz CT molecular complexity index is 129. The summed E-state index contributed by atoms with van der Waals surface area (Å²) in [6.07, 6.45) is 6.02. The smallest absolute Gasteiger partial charge is 0.0690 e. The largest absolute Gasteiger partial charge is 0.378 e. The molecule has 1 aliphatic rings. The van der Waals surface area contributed by atoms with Crippen LogP contribution in [0.3, 0.4) is 0 Å². The molecule has 0 aromatic rings. The van der Waals surface area contributed by atoms with E-state index in [4.69, 9.17) is 10.5 Å². The Kier molecular flexibility index (Phi) is 4.70. The summed E-state index contributed by atoms with van der Waals surface area (Å²) >= 11 is 0. The van der Waals surface area contributed by atoms with Gasteiger partial charge in [0.15, 0.2) is 0 Å². The van der Waals surface area contributed by atoms with Crippen LogP contribution in [0.1, 0.15) is 32.1 Å². The van der Waals surface area contributed by atoms with Gasteiger partial charge in [0.1, 0.15) is 0 Å². The van der Waals surface area contributed by atoms with E-state index in [-0.39, 0.29) is 5.60 Å². The Morgan fingerprint density at radius 3 is 2.62 bits per heavy atom. The molecule has 0 aromatic carbocycles. The van der Waals surface area contributed by atoms with Crippen molar-refractivity contribution in [1.82, 2.24) is 5.32 Å². The van der Waals surface area contributed by atoms with E-state index in [1.807, 2.05) is 7.11 Å². The lowest BCUT2D eigenvalue weighted by Gasteiger charge is -2.40. The fraction of sp³-hybridized carbons (Fsp3) is 1.00. The van der Waals surface area contributed by atoms with Crippen LogP contribution in [0.4, 0.5) is 0 Å². The monoisotopic (exact) mass is 186 g/mol. The molecule has 3 heteroatoms. The van der Waals surface area contributed by atoms with E-state index in [1.165, 1.54) is 19.3 Å². The second-order valence-corrected chi connectivity index (χ2v) is 3.88. The first-order valence-corrected chi connectivity index (χ1v) is 5.29. The molecule has 78 valence electrons. The minimum absolute atomic E-state index is 0.218. The van der Waals surface area contributed by atoms with Crippen LogP contribution in [-0.2, 0) is 4.74 Å². The zero-order chi connectivity index (χ0) is 9.57. The predicted octanol–water partition coefficient (Wildman–Crippen LogP) is 0.884. The number of nitrogens with one attached hydrogen (secondary N) is 1. The summed E-state index contributed by atoms with van der Waals surface area (Å²) in [6, 6.07) is 0. The average molecular weight is 186 g/mol. The minimum Gasteiger partial charge on any atom is -0.378 e. The molecule has 0 aliphatic heterocycles. The highest BCUT2D eigenvalue weighted by molar-refractivity contribution is 4.89. The zero-order valence-electron chi connectivity index (χ0n) is 8.64. The van der Waals surface area contributed by atoms with E-state index in [9.17, 15) is 0 Å². The van der Waals surface area contributed by atoms with Crippen LogP contribution in [0.25, 0.3) is 0 Å². The van der Waals surface area contributed by atoms with Gasteiger partial charge in [0, 0.05) is 7.11 Å². The quantitative estimate of drug-likeness (QED) is 0.580. The van der Waals surface area contributed by atoms with Gasteiger partial charge in [-0.05, 0) is 51.7 Å². The molecule has 0 unspecified atom stereocenters. The topological polar surface area (TPSA) is 47.3 Å². The maximum absolute atomic E-state index is 5.52. The normalized spacial score (nSPS) is 19.8. The molecule has 0 aromatic heterocycles. The van der Waals surface area contributed by atoms with Crippen molar-refractivity contribution < 1.29 is 4.74 Å². The second-order valence-electron chi connectivity index (χ2n) is 3.88. The highest BCUT2D eigenvalue weighted by atomic mass is 16.5. The molecule has 3 N–H and O–H groups in total. The van der Waals surface area contributed by atoms with Gasteiger partial charge >= 0.3 is 0 Å². The average Bonchev–Trinajstić information content (AvgIpc) is 2.09. The second kappa shape index (κ2) is 5.58. The van der Waals surface area contributed by atoms with Gasteiger partial charge in [-0.15, -0.1) is 0 Å². The van der Waals surface area contributed by atoms with Gasteiger partial charge < -0.3 is 15.8 Å². The third kappa shape index (κ3) is 3.25. The maximum atomic E-state index is 5.52. The lowest BCUT2D eigenvalue weighted by atomic mass is 9.77. The van der Waals surface area contributed by atoms with Gasteiger partial charge in [-0.2, -0.15) is 0 Å². The van der Waals surface area contributed by atoms with E-state index in [0.717, 1.165) is 32.5 Å². The summed E-state index contributed by atoms with van der Waals surface area (Å²) in [6.45, 7) is 2.88. The van der Waals surface area contributed by atoms with Crippen LogP contribution in [0.2, 0.25) is 0 Å². The summed E-state index contributed by atoms with van der Waals surface area (Å²) < 4.78 is 5.52. The van der Waals surface area contributed by atoms with E-state index in [1.54, 1.807) is 0 Å². The summed E-state index contributed by atoms with van der Waals surface area (Å²) in [5.41, 5.74) is 5.61. The molecule has 0 spiro atoms. The van der Waals surface area contributed by atoms with Crippen molar-refractivity contribution in [3.8, 4) is 0 Å². The Labute approximate surface area is 81.0 Å². The maximum Gasteiger partial charge on any atom is 0.0690 e. The number of nitrogens with two attached hydrogens (primary N) is 1. The van der Waals surface area contributed by atoms with Gasteiger partial charge in [-0.1, -0.05) is 0 Å². The van der Waals surface area contributed by atoms with Crippen molar-refractivity contribution in [3.63, 3.8) is 0 Å². The van der Waals surface area contributed by atoms with Crippen LogP contribution in [0.5, 0.6) is 0 Å². The Morgan fingerprint density at radius 1 is 1.38 bits per heavy atom. The van der Waals surface area contributed by atoms with Crippen molar-refractivity contribution in [2.24, 2.45) is 5.73 Å². The predicted molar refractivity (Wildman–Crippen MR) is 54.7 cm³/mol. The molecule has 1 saturated carbocycles. The fourth-order valence-corrected chi connectivity index (χ4v) is 1.80. The van der Waals surface area contributed by atoms with E-state index >= 15 is 0 Å². The first-order valence-electron chi connectivity index (χ1n) is 5.29. The molecule has 0 saturated heterocycles. The van der Waals surface area contributed by atoms with Crippen LogP contribution in [0.15, 0.2) is 0 Å². The minimum atomic E-state index is 0.218. The molecule has 0 atom stereocenters. The standard InChI is InChI=1S/C10H22N2O/c1-13-10(4-2-5-10)6-9-12-8-3-7-11/h12H,2-9,11H2,1H3. The molecule has 0 heterocycles. The Morgan fingerprint density at radius 2 is 2.15 bits per heavy atom. The molecule has 0 radical (unpaired) electrons. The molecular weight excluding hydrogens is 164 g/mol. The lowest BCUT2D eigenvalue weighted by Crippen LogP contribution is -2.41. The molecule has 1 aliphatic carbocycles. The molecule has 0 bridgehead atoms. The molecule has 3 nitrogen and oxygen atoms in total. The summed E-state index contributed by atoms with van der Waals surface area (Å²) in [5.74, 6) is 0. The summed E-state index contributed by atoms with van der Waals surface area (Å²) in [7, 11) is 1.83. The van der Waals surface area contributed by atoms with Gasteiger partial charge in [-0.25, -0.2) is 0 Å². The highest BCUT2D eigenvalue weighted by Gasteiger charge is 2.35. The number of hydrogen-bond donors (Lipinski definition) is 2. The lowest BCUT2D eigenvalue weighted by molar-refractivity contribution is -0.0767. The molecule has 1 fully saturated rings. The van der Waals surface area contributed by atoms with E-state index < -0.39 is 0 Å². The van der Waals surface area contributed by atoms with Crippen LogP contribution in [0, 0.1) is 0 Å². The van der Waals surface area contributed by atoms with Gasteiger partial charge in [-0.3, -0.25) is 0 Å².